The molecular formula is C20H24N4O4. The normalized spacial score (nSPS) is 12.1. The van der Waals surface area contributed by atoms with E-state index in [-0.39, 0.29) is 25.7 Å². The number of aliphatic hydroxyl groups is 1. The van der Waals surface area contributed by atoms with E-state index in [0.29, 0.717) is 18.9 Å². The van der Waals surface area contributed by atoms with Crippen molar-refractivity contribution in [3.63, 3.8) is 0 Å². The maximum atomic E-state index is 11.6. The Morgan fingerprint density at radius 2 is 1.96 bits per heavy atom. The van der Waals surface area contributed by atoms with Crippen molar-refractivity contribution in [1.82, 2.24) is 19.9 Å². The lowest BCUT2D eigenvalue weighted by molar-refractivity contribution is 0.108. The van der Waals surface area contributed by atoms with Crippen molar-refractivity contribution in [3.8, 4) is 0 Å². The highest BCUT2D eigenvalue weighted by atomic mass is 16.5. The number of alkyl carbamates (subject to hydrolysis) is 1. The maximum Gasteiger partial charge on any atom is 0.407 e. The number of hydrogen-bond donors (Lipinski definition) is 2. The van der Waals surface area contributed by atoms with Gasteiger partial charge in [-0.1, -0.05) is 43.3 Å². The number of carbonyl (C=O) groups excluding carboxylic acids is 1. The fourth-order valence-corrected chi connectivity index (χ4v) is 2.81. The minimum Gasteiger partial charge on any atom is -0.443 e. The molecule has 0 fully saturated rings. The molecule has 2 aromatic heterocycles. The molecule has 0 aliphatic heterocycles. The fourth-order valence-electron chi connectivity index (χ4n) is 2.81. The first-order valence-electron chi connectivity index (χ1n) is 9.15. The second kappa shape index (κ2) is 9.82. The summed E-state index contributed by atoms with van der Waals surface area (Å²) in [5.41, 5.74) is 2.55. The van der Waals surface area contributed by atoms with Crippen LogP contribution in [-0.4, -0.2) is 45.6 Å². The molecule has 148 valence electrons. The van der Waals surface area contributed by atoms with Gasteiger partial charge in [-0.2, -0.15) is 0 Å². The van der Waals surface area contributed by atoms with E-state index in [0.717, 1.165) is 17.1 Å². The van der Waals surface area contributed by atoms with Crippen molar-refractivity contribution in [2.24, 2.45) is 0 Å². The van der Waals surface area contributed by atoms with Crippen molar-refractivity contribution in [1.29, 1.82) is 0 Å². The topological polar surface area (TPSA) is 98.0 Å². The number of aromatic nitrogens is 3. The fraction of sp³-hybridized carbons (Fsp3) is 0.350. The number of nitrogens with one attached hydrogen (secondary N) is 1. The van der Waals surface area contributed by atoms with Crippen LogP contribution in [0.1, 0.15) is 29.9 Å². The Balaban J connectivity index is 1.66. The Kier molecular flexibility index (Phi) is 6.94. The van der Waals surface area contributed by atoms with E-state index in [1.54, 1.807) is 0 Å². The molecule has 0 bridgehead atoms. The molecule has 0 radical (unpaired) electrons. The predicted octanol–water partition coefficient (Wildman–Crippen LogP) is 2.27. The molecule has 2 N–H and O–H groups in total. The number of benzene rings is 1. The van der Waals surface area contributed by atoms with Gasteiger partial charge in [0, 0.05) is 12.5 Å². The van der Waals surface area contributed by atoms with Crippen LogP contribution >= 0.6 is 0 Å². The van der Waals surface area contributed by atoms with Gasteiger partial charge in [-0.3, -0.25) is 4.40 Å². The lowest BCUT2D eigenvalue weighted by atomic mass is 10.2. The van der Waals surface area contributed by atoms with Gasteiger partial charge in [0.15, 0.2) is 5.65 Å². The Labute approximate surface area is 163 Å². The van der Waals surface area contributed by atoms with Crippen LogP contribution in [0.5, 0.6) is 0 Å². The van der Waals surface area contributed by atoms with Gasteiger partial charge in [0.1, 0.15) is 12.4 Å². The number of rotatable bonds is 9. The van der Waals surface area contributed by atoms with Gasteiger partial charge in [0.2, 0.25) is 0 Å². The highest BCUT2D eigenvalue weighted by molar-refractivity contribution is 5.67. The number of amides is 1. The standard InChI is InChI=1S/C20H24N4O4/c1-15(12-27-13-16-6-3-2-4-7-16)19-23-22-18-9-5-8-17(24(18)19)14-28-20(26)21-10-11-25/h2-9,15,25H,10-14H2,1H3,(H,21,26)/t15-/m1/s1. The van der Waals surface area contributed by atoms with Crippen molar-refractivity contribution in [3.05, 3.63) is 65.6 Å². The molecule has 2 heterocycles. The van der Waals surface area contributed by atoms with Gasteiger partial charge in [-0.15, -0.1) is 10.2 Å². The van der Waals surface area contributed by atoms with Crippen LogP contribution in [-0.2, 0) is 22.7 Å². The molecule has 0 aliphatic carbocycles. The third-order valence-electron chi connectivity index (χ3n) is 4.19. The predicted molar refractivity (Wildman–Crippen MR) is 103 cm³/mol. The lowest BCUT2D eigenvalue weighted by Crippen LogP contribution is -2.27. The minimum absolute atomic E-state index is 0.00285. The van der Waals surface area contributed by atoms with Gasteiger partial charge in [-0.25, -0.2) is 4.79 Å². The molecule has 1 amide bonds. The molecule has 3 rings (SSSR count). The molecule has 8 heteroatoms. The first kappa shape index (κ1) is 19.8. The van der Waals surface area contributed by atoms with Crippen molar-refractivity contribution < 1.29 is 19.4 Å². The zero-order valence-electron chi connectivity index (χ0n) is 15.7. The van der Waals surface area contributed by atoms with Crippen LogP contribution < -0.4 is 5.32 Å². The number of aliphatic hydroxyl groups excluding tert-OH is 1. The summed E-state index contributed by atoms with van der Waals surface area (Å²) in [6.07, 6.45) is -0.583. The minimum atomic E-state index is -0.583. The van der Waals surface area contributed by atoms with E-state index >= 15 is 0 Å². The summed E-state index contributed by atoms with van der Waals surface area (Å²) in [6.45, 7) is 3.12. The summed E-state index contributed by atoms with van der Waals surface area (Å²) in [4.78, 5) is 11.6. The van der Waals surface area contributed by atoms with E-state index in [2.05, 4.69) is 15.5 Å². The highest BCUT2D eigenvalue weighted by Gasteiger charge is 2.17. The van der Waals surface area contributed by atoms with Crippen LogP contribution in [0.2, 0.25) is 0 Å². The average molecular weight is 384 g/mol. The van der Waals surface area contributed by atoms with E-state index in [1.807, 2.05) is 59.9 Å². The smallest absolute Gasteiger partial charge is 0.407 e. The molecule has 3 aromatic rings. The van der Waals surface area contributed by atoms with Crippen LogP contribution in [0.4, 0.5) is 4.79 Å². The quantitative estimate of drug-likeness (QED) is 0.587. The molecule has 1 atom stereocenters. The van der Waals surface area contributed by atoms with Crippen molar-refractivity contribution >= 4 is 11.7 Å². The average Bonchev–Trinajstić information content (AvgIpc) is 3.16. The molecule has 0 unspecified atom stereocenters. The van der Waals surface area contributed by atoms with Gasteiger partial charge in [0.25, 0.3) is 0 Å². The van der Waals surface area contributed by atoms with E-state index in [9.17, 15) is 4.79 Å². The second-order valence-corrected chi connectivity index (χ2v) is 6.40. The largest absolute Gasteiger partial charge is 0.443 e. The summed E-state index contributed by atoms with van der Waals surface area (Å²) in [6, 6.07) is 15.5. The third-order valence-corrected chi connectivity index (χ3v) is 4.19. The number of ether oxygens (including phenoxy) is 2. The Morgan fingerprint density at radius 1 is 1.14 bits per heavy atom. The summed E-state index contributed by atoms with van der Waals surface area (Å²) >= 11 is 0. The maximum absolute atomic E-state index is 11.6. The SMILES string of the molecule is C[C@H](COCc1ccccc1)c1nnc2cccc(COC(=O)NCCO)n12. The van der Waals surface area contributed by atoms with Gasteiger partial charge < -0.3 is 19.9 Å². The number of hydrogen-bond acceptors (Lipinski definition) is 6. The van der Waals surface area contributed by atoms with Crippen LogP contribution in [0.25, 0.3) is 5.65 Å². The molecule has 1 aromatic carbocycles. The molecule has 28 heavy (non-hydrogen) atoms. The molecular weight excluding hydrogens is 360 g/mol. The van der Waals surface area contributed by atoms with Gasteiger partial charge in [0.05, 0.1) is 25.5 Å². The summed E-state index contributed by atoms with van der Waals surface area (Å²) in [7, 11) is 0. The summed E-state index contributed by atoms with van der Waals surface area (Å²) in [5.74, 6) is 0.751. The van der Waals surface area contributed by atoms with Crippen LogP contribution in [0, 0.1) is 0 Å². The van der Waals surface area contributed by atoms with Gasteiger partial charge >= 0.3 is 6.09 Å². The van der Waals surface area contributed by atoms with E-state index in [1.165, 1.54) is 0 Å². The highest BCUT2D eigenvalue weighted by Crippen LogP contribution is 2.18. The second-order valence-electron chi connectivity index (χ2n) is 6.40. The number of nitrogens with zero attached hydrogens (tertiary/aromatic N) is 3. The van der Waals surface area contributed by atoms with Crippen LogP contribution in [0.3, 0.4) is 0 Å². The molecule has 0 saturated heterocycles. The van der Waals surface area contributed by atoms with Gasteiger partial charge in [-0.05, 0) is 17.7 Å². The first-order chi connectivity index (χ1) is 13.7. The molecule has 0 aliphatic rings. The zero-order chi connectivity index (χ0) is 19.8. The van der Waals surface area contributed by atoms with Crippen molar-refractivity contribution in [2.45, 2.75) is 26.1 Å². The molecule has 8 nitrogen and oxygen atoms in total. The third kappa shape index (κ3) is 5.05. The van der Waals surface area contributed by atoms with Crippen molar-refractivity contribution in [2.75, 3.05) is 19.8 Å². The summed E-state index contributed by atoms with van der Waals surface area (Å²) in [5, 5.41) is 19.7. The lowest BCUT2D eigenvalue weighted by Gasteiger charge is -2.13. The van der Waals surface area contributed by atoms with E-state index < -0.39 is 6.09 Å². The Morgan fingerprint density at radius 3 is 2.75 bits per heavy atom. The monoisotopic (exact) mass is 384 g/mol. The molecule has 0 saturated carbocycles. The van der Waals surface area contributed by atoms with Crippen LogP contribution in [0.15, 0.2) is 48.5 Å². The number of pyridine rings is 1. The van der Waals surface area contributed by atoms with E-state index in [4.69, 9.17) is 14.6 Å². The zero-order valence-corrected chi connectivity index (χ0v) is 15.7. The number of carbonyl (C=O) groups is 1. The Hall–Kier alpha value is -2.97. The Bertz CT molecular complexity index is 898. The first-order valence-corrected chi connectivity index (χ1v) is 9.15. The number of fused-ring (bicyclic) bond motifs is 1. The summed E-state index contributed by atoms with van der Waals surface area (Å²) < 4.78 is 12.9. The molecule has 0 spiro atoms.